The van der Waals surface area contributed by atoms with E-state index in [2.05, 4.69) is 10.6 Å². The van der Waals surface area contributed by atoms with Gasteiger partial charge in [-0.3, -0.25) is 14.4 Å². The molecule has 1 heterocycles. The highest BCUT2D eigenvalue weighted by molar-refractivity contribution is 6.31. The summed E-state index contributed by atoms with van der Waals surface area (Å²) < 4.78 is 5.94. The Kier molecular flexibility index (Phi) is 9.19. The van der Waals surface area contributed by atoms with Crippen molar-refractivity contribution in [3.8, 4) is 5.75 Å². The van der Waals surface area contributed by atoms with Gasteiger partial charge in [-0.2, -0.15) is 0 Å². The van der Waals surface area contributed by atoms with Crippen LogP contribution in [0.3, 0.4) is 0 Å². The first-order valence-corrected chi connectivity index (χ1v) is 12.0. The van der Waals surface area contributed by atoms with E-state index in [4.69, 9.17) is 27.9 Å². The van der Waals surface area contributed by atoms with E-state index in [1.165, 1.54) is 4.90 Å². The number of ether oxygens (including phenoxy) is 1. The van der Waals surface area contributed by atoms with Crippen molar-refractivity contribution in [2.75, 3.05) is 26.2 Å². The number of rotatable bonds is 2. The summed E-state index contributed by atoms with van der Waals surface area (Å²) in [7, 11) is 0. The summed E-state index contributed by atoms with van der Waals surface area (Å²) in [4.78, 5) is 40.3. The average Bonchev–Trinajstić information content (AvgIpc) is 2.80. The fraction of sp³-hybridized carbons (Fsp3) is 0.400. The molecule has 3 amide bonds. The molecule has 2 N–H and O–H groups in total. The molecular weight excluding hydrogens is 477 g/mol. The Hall–Kier alpha value is -2.77. The van der Waals surface area contributed by atoms with Crippen LogP contribution in [-0.4, -0.2) is 54.9 Å². The number of hydrogen-bond acceptors (Lipinski definition) is 4. The molecule has 3 rings (SSSR count). The Morgan fingerprint density at radius 2 is 1.85 bits per heavy atom. The van der Waals surface area contributed by atoms with Gasteiger partial charge in [0.15, 0.2) is 0 Å². The Balaban J connectivity index is 1.82. The topological polar surface area (TPSA) is 87.7 Å². The van der Waals surface area contributed by atoms with Crippen LogP contribution in [-0.2, 0) is 4.79 Å². The van der Waals surface area contributed by atoms with Gasteiger partial charge in [0.25, 0.3) is 11.8 Å². The minimum Gasteiger partial charge on any atom is -0.491 e. The van der Waals surface area contributed by atoms with Crippen molar-refractivity contribution in [2.24, 2.45) is 5.92 Å². The van der Waals surface area contributed by atoms with Crippen molar-refractivity contribution in [1.82, 2.24) is 15.5 Å². The van der Waals surface area contributed by atoms with Gasteiger partial charge in [0, 0.05) is 28.7 Å². The molecule has 0 saturated carbocycles. The second kappa shape index (κ2) is 12.1. The van der Waals surface area contributed by atoms with Gasteiger partial charge < -0.3 is 20.3 Å². The van der Waals surface area contributed by atoms with Crippen LogP contribution in [0.25, 0.3) is 0 Å². The van der Waals surface area contributed by atoms with Crippen LogP contribution < -0.4 is 15.4 Å². The third-order valence-electron chi connectivity index (χ3n) is 5.59. The van der Waals surface area contributed by atoms with Gasteiger partial charge in [0.1, 0.15) is 12.4 Å². The molecule has 34 heavy (non-hydrogen) atoms. The molecule has 1 aliphatic heterocycles. The average molecular weight is 506 g/mol. The maximum absolute atomic E-state index is 13.1. The van der Waals surface area contributed by atoms with Gasteiger partial charge in [-0.15, -0.1) is 0 Å². The third-order valence-corrected chi connectivity index (χ3v) is 6.06. The summed E-state index contributed by atoms with van der Waals surface area (Å²) in [6, 6.07) is 11.2. The molecule has 1 aliphatic rings. The molecule has 9 heteroatoms. The van der Waals surface area contributed by atoms with Crippen molar-refractivity contribution in [2.45, 2.75) is 32.7 Å². The van der Waals surface area contributed by atoms with Crippen molar-refractivity contribution in [1.29, 1.82) is 0 Å². The molecule has 0 aliphatic carbocycles. The Morgan fingerprint density at radius 1 is 1.09 bits per heavy atom. The van der Waals surface area contributed by atoms with Gasteiger partial charge in [-0.05, 0) is 55.2 Å². The number of nitrogens with one attached hydrogen (secondary N) is 2. The number of carbonyl (C=O) groups excluding carboxylic acids is 3. The van der Waals surface area contributed by atoms with Crippen molar-refractivity contribution in [3.05, 3.63) is 63.6 Å². The highest BCUT2D eigenvalue weighted by Crippen LogP contribution is 2.24. The van der Waals surface area contributed by atoms with Crippen LogP contribution in [0, 0.1) is 5.92 Å². The second-order valence-electron chi connectivity index (χ2n) is 8.57. The summed E-state index contributed by atoms with van der Waals surface area (Å²) in [5.74, 6) is -0.386. The third kappa shape index (κ3) is 7.11. The predicted octanol–water partition coefficient (Wildman–Crippen LogP) is 4.18. The molecular formula is C25H29Cl2N3O4. The summed E-state index contributed by atoms with van der Waals surface area (Å²) in [6.45, 7) is 4.77. The van der Waals surface area contributed by atoms with Crippen LogP contribution in [0.15, 0.2) is 42.5 Å². The quantitative estimate of drug-likeness (QED) is 0.640. The number of fused-ring (bicyclic) bond motifs is 1. The maximum Gasteiger partial charge on any atom is 0.255 e. The fourth-order valence-corrected chi connectivity index (χ4v) is 3.96. The zero-order valence-electron chi connectivity index (χ0n) is 19.3. The number of hydrogen-bond donors (Lipinski definition) is 2. The first kappa shape index (κ1) is 25.8. The fourth-order valence-electron chi connectivity index (χ4n) is 3.59. The van der Waals surface area contributed by atoms with Gasteiger partial charge in [0.05, 0.1) is 18.2 Å². The van der Waals surface area contributed by atoms with Crippen molar-refractivity contribution >= 4 is 40.9 Å². The lowest BCUT2D eigenvalue weighted by molar-refractivity contribution is -0.123. The van der Waals surface area contributed by atoms with Gasteiger partial charge in [-0.1, -0.05) is 43.1 Å². The van der Waals surface area contributed by atoms with E-state index < -0.39 is 0 Å². The van der Waals surface area contributed by atoms with Crippen molar-refractivity contribution < 1.29 is 19.1 Å². The molecule has 0 fully saturated rings. The predicted molar refractivity (Wildman–Crippen MR) is 133 cm³/mol. The highest BCUT2D eigenvalue weighted by atomic mass is 35.5. The minimum absolute atomic E-state index is 0.0568. The molecule has 1 atom stereocenters. The minimum atomic E-state index is -0.327. The van der Waals surface area contributed by atoms with Crippen LogP contribution in [0.5, 0.6) is 5.75 Å². The molecule has 0 saturated heterocycles. The lowest BCUT2D eigenvalue weighted by Gasteiger charge is -2.26. The summed E-state index contributed by atoms with van der Waals surface area (Å²) >= 11 is 12.2. The molecule has 2 aromatic carbocycles. The zero-order chi connectivity index (χ0) is 24.7. The number of nitrogens with zero attached hydrogens (tertiary/aromatic N) is 1. The first-order chi connectivity index (χ1) is 16.2. The maximum atomic E-state index is 13.1. The van der Waals surface area contributed by atoms with Crippen LogP contribution in [0.4, 0.5) is 0 Å². The van der Waals surface area contributed by atoms with E-state index in [0.717, 1.165) is 0 Å². The number of carbonyl (C=O) groups is 3. The van der Waals surface area contributed by atoms with E-state index >= 15 is 0 Å². The van der Waals surface area contributed by atoms with Gasteiger partial charge in [0.2, 0.25) is 5.91 Å². The summed E-state index contributed by atoms with van der Waals surface area (Å²) in [6.07, 6.45) is 1.23. The number of amides is 3. The molecule has 182 valence electrons. The zero-order valence-corrected chi connectivity index (χ0v) is 20.8. The monoisotopic (exact) mass is 505 g/mol. The molecule has 2 aromatic rings. The largest absolute Gasteiger partial charge is 0.491 e. The van der Waals surface area contributed by atoms with Crippen LogP contribution in [0.1, 0.15) is 47.4 Å². The van der Waals surface area contributed by atoms with E-state index in [1.807, 2.05) is 13.8 Å². The van der Waals surface area contributed by atoms with Crippen LogP contribution in [0.2, 0.25) is 10.0 Å². The van der Waals surface area contributed by atoms with Crippen molar-refractivity contribution in [3.63, 3.8) is 0 Å². The summed E-state index contributed by atoms with van der Waals surface area (Å²) in [5.41, 5.74) is 0.761. The second-order valence-corrected chi connectivity index (χ2v) is 9.44. The molecule has 7 nitrogen and oxygen atoms in total. The molecule has 0 spiro atoms. The lowest BCUT2D eigenvalue weighted by atomic mass is 10.1. The Labute approximate surface area is 209 Å². The SMILES string of the molecule is CC(C)[C@H]1COc2ccc(Cl)cc2C(=O)NCCCCN(C(=O)c2cccc(Cl)c2)CC(=O)N1. The molecule has 0 radical (unpaired) electrons. The number of benzene rings is 2. The van der Waals surface area contributed by atoms with Gasteiger partial charge in [-0.25, -0.2) is 0 Å². The van der Waals surface area contributed by atoms with Gasteiger partial charge >= 0.3 is 0 Å². The molecule has 0 bridgehead atoms. The normalized spacial score (nSPS) is 18.1. The van der Waals surface area contributed by atoms with E-state index in [-0.39, 0.29) is 42.8 Å². The highest BCUT2D eigenvalue weighted by Gasteiger charge is 2.24. The standard InChI is InChI=1S/C25H29Cl2N3O4/c1-16(2)21-15-34-22-9-8-19(27)13-20(22)24(32)28-10-3-4-11-30(14-23(31)29-21)25(33)17-6-5-7-18(26)12-17/h5-9,12-13,16,21H,3-4,10-11,14-15H2,1-2H3,(H,28,32)(H,29,31)/t21-/m1/s1. The first-order valence-electron chi connectivity index (χ1n) is 11.3. The molecule has 0 aromatic heterocycles. The summed E-state index contributed by atoms with van der Waals surface area (Å²) in [5, 5.41) is 6.74. The molecule has 0 unspecified atom stereocenters. The Morgan fingerprint density at radius 3 is 2.59 bits per heavy atom. The lowest BCUT2D eigenvalue weighted by Crippen LogP contribution is -2.48. The number of halogens is 2. The van der Waals surface area contributed by atoms with E-state index in [0.29, 0.717) is 52.9 Å². The van der Waals surface area contributed by atoms with E-state index in [9.17, 15) is 14.4 Å². The Bertz CT molecular complexity index is 1040. The van der Waals surface area contributed by atoms with Crippen LogP contribution >= 0.6 is 23.2 Å². The smallest absolute Gasteiger partial charge is 0.255 e. The van der Waals surface area contributed by atoms with E-state index in [1.54, 1.807) is 42.5 Å².